The Bertz CT molecular complexity index is 334. The minimum atomic E-state index is 0.126. The van der Waals surface area contributed by atoms with Crippen molar-refractivity contribution in [3.8, 4) is 0 Å². The summed E-state index contributed by atoms with van der Waals surface area (Å²) in [6.07, 6.45) is 16.7. The number of hydrogen-bond donors (Lipinski definition) is 2. The van der Waals surface area contributed by atoms with Gasteiger partial charge < -0.3 is 10.2 Å². The van der Waals surface area contributed by atoms with Crippen molar-refractivity contribution < 1.29 is 14.7 Å². The highest BCUT2D eigenvalue weighted by Crippen LogP contribution is 2.21. The summed E-state index contributed by atoms with van der Waals surface area (Å²) in [7, 11) is 0. The third-order valence-electron chi connectivity index (χ3n) is 4.59. The lowest BCUT2D eigenvalue weighted by molar-refractivity contribution is -0.789. The zero-order valence-electron chi connectivity index (χ0n) is 14.3. The molecule has 0 amide bonds. The van der Waals surface area contributed by atoms with Gasteiger partial charge >= 0.3 is 0 Å². The summed E-state index contributed by atoms with van der Waals surface area (Å²) in [5, 5.41) is 18.6. The molecule has 22 heavy (non-hydrogen) atoms. The highest BCUT2D eigenvalue weighted by atomic mass is 16.3. The molecule has 0 fully saturated rings. The number of aliphatic hydroxyl groups is 2. The normalized spacial score (nSPS) is 16.2. The van der Waals surface area contributed by atoms with E-state index in [4.69, 9.17) is 0 Å². The first-order chi connectivity index (χ1) is 10.8. The quantitative estimate of drug-likeness (QED) is 0.380. The number of amidine groups is 1. The molecule has 4 nitrogen and oxygen atoms in total. The fourth-order valence-electron chi connectivity index (χ4n) is 3.20. The fourth-order valence-corrected chi connectivity index (χ4v) is 3.20. The zero-order chi connectivity index (χ0) is 16.1. The lowest BCUT2D eigenvalue weighted by Crippen LogP contribution is -2.50. The molecular weight excluding hydrogens is 276 g/mol. The van der Waals surface area contributed by atoms with Crippen LogP contribution >= 0.6 is 0 Å². The van der Waals surface area contributed by atoms with E-state index in [0.717, 1.165) is 18.7 Å². The van der Waals surface area contributed by atoms with Gasteiger partial charge in [-0.1, -0.05) is 58.3 Å². The van der Waals surface area contributed by atoms with E-state index in [9.17, 15) is 10.2 Å². The maximum atomic E-state index is 9.28. The van der Waals surface area contributed by atoms with E-state index in [1.807, 2.05) is 12.4 Å². The number of quaternary nitrogens is 1. The van der Waals surface area contributed by atoms with E-state index in [-0.39, 0.29) is 13.2 Å². The Hall–Kier alpha value is -0.710. The number of unbranched alkanes of at least 4 members (excludes halogenated alkanes) is 8. The third-order valence-corrected chi connectivity index (χ3v) is 4.59. The number of aliphatic hydroxyl groups excluding tert-OH is 2. The molecule has 2 N–H and O–H groups in total. The fraction of sp³-hybridized carbons (Fsp3) is 0.833. The van der Waals surface area contributed by atoms with Crippen molar-refractivity contribution in [3.63, 3.8) is 0 Å². The summed E-state index contributed by atoms with van der Waals surface area (Å²) in [5.74, 6) is 1.10. The average Bonchev–Trinajstić information content (AvgIpc) is 2.89. The Morgan fingerprint density at radius 2 is 1.41 bits per heavy atom. The molecule has 0 aromatic carbocycles. The average molecular weight is 311 g/mol. The topological polar surface area (TPSA) is 52.8 Å². The van der Waals surface area contributed by atoms with Gasteiger partial charge in [-0.2, -0.15) is 0 Å². The van der Waals surface area contributed by atoms with Crippen molar-refractivity contribution in [2.45, 2.75) is 71.1 Å². The molecule has 0 bridgehead atoms. The molecule has 0 saturated heterocycles. The molecule has 0 aromatic heterocycles. The van der Waals surface area contributed by atoms with Crippen molar-refractivity contribution in [1.29, 1.82) is 0 Å². The maximum Gasteiger partial charge on any atom is 0.207 e. The first kappa shape index (κ1) is 19.3. The van der Waals surface area contributed by atoms with Gasteiger partial charge in [0.1, 0.15) is 19.3 Å². The minimum Gasteiger partial charge on any atom is -0.390 e. The molecule has 0 atom stereocenters. The standard InChI is InChI=1S/C18H35N2O2/c1-2-3-4-5-6-7-8-9-10-11-18-19-12-13-20(18,14-16-21)15-17-22/h12-13,21-22H,2-11,14-17H2,1H3/q+1. The van der Waals surface area contributed by atoms with Crippen LogP contribution in [0.4, 0.5) is 0 Å². The second-order valence-electron chi connectivity index (χ2n) is 6.35. The van der Waals surface area contributed by atoms with Crippen molar-refractivity contribution in [2.24, 2.45) is 4.99 Å². The zero-order valence-corrected chi connectivity index (χ0v) is 14.3. The van der Waals surface area contributed by atoms with Gasteiger partial charge in [0.25, 0.3) is 0 Å². The van der Waals surface area contributed by atoms with Crippen LogP contribution < -0.4 is 0 Å². The van der Waals surface area contributed by atoms with Crippen molar-refractivity contribution in [2.75, 3.05) is 26.3 Å². The minimum absolute atomic E-state index is 0.126. The van der Waals surface area contributed by atoms with Gasteiger partial charge in [-0.05, 0) is 6.42 Å². The summed E-state index contributed by atoms with van der Waals surface area (Å²) >= 11 is 0. The predicted molar refractivity (Wildman–Crippen MR) is 92.6 cm³/mol. The highest BCUT2D eigenvalue weighted by Gasteiger charge is 2.33. The van der Waals surface area contributed by atoms with Gasteiger partial charge in [0.2, 0.25) is 5.84 Å². The van der Waals surface area contributed by atoms with Gasteiger partial charge in [-0.3, -0.25) is 0 Å². The van der Waals surface area contributed by atoms with E-state index in [1.165, 1.54) is 51.4 Å². The Morgan fingerprint density at radius 1 is 0.864 bits per heavy atom. The van der Waals surface area contributed by atoms with Crippen molar-refractivity contribution in [1.82, 2.24) is 0 Å². The second kappa shape index (κ2) is 11.8. The molecular formula is C18H35N2O2+. The molecule has 0 aromatic rings. The van der Waals surface area contributed by atoms with E-state index in [2.05, 4.69) is 11.9 Å². The van der Waals surface area contributed by atoms with Crippen LogP contribution in [0.2, 0.25) is 0 Å². The van der Waals surface area contributed by atoms with Crippen LogP contribution in [0.15, 0.2) is 17.4 Å². The smallest absolute Gasteiger partial charge is 0.207 e. The van der Waals surface area contributed by atoms with Crippen molar-refractivity contribution in [3.05, 3.63) is 12.4 Å². The summed E-state index contributed by atoms with van der Waals surface area (Å²) in [4.78, 5) is 4.48. The Labute approximate surface area is 136 Å². The SMILES string of the molecule is CCCCCCCCCCCC1=NC=C[N+]1(CCO)CCO. The van der Waals surface area contributed by atoms with Gasteiger partial charge in [-0.25, -0.2) is 9.48 Å². The highest BCUT2D eigenvalue weighted by molar-refractivity contribution is 5.78. The predicted octanol–water partition coefficient (Wildman–Crippen LogP) is 3.59. The Balaban J connectivity index is 2.16. The number of nitrogens with zero attached hydrogens (tertiary/aromatic N) is 2. The van der Waals surface area contributed by atoms with Crippen LogP contribution in [0.5, 0.6) is 0 Å². The molecule has 0 saturated carbocycles. The maximum absolute atomic E-state index is 9.28. The molecule has 4 heteroatoms. The Morgan fingerprint density at radius 3 is 1.95 bits per heavy atom. The first-order valence-electron chi connectivity index (χ1n) is 9.12. The van der Waals surface area contributed by atoms with E-state index in [0.29, 0.717) is 17.6 Å². The summed E-state index contributed by atoms with van der Waals surface area (Å²) in [6, 6.07) is 0. The van der Waals surface area contributed by atoms with Gasteiger partial charge in [-0.15, -0.1) is 0 Å². The van der Waals surface area contributed by atoms with E-state index in [1.54, 1.807) is 0 Å². The molecule has 128 valence electrons. The van der Waals surface area contributed by atoms with Crippen LogP contribution in [0.25, 0.3) is 0 Å². The van der Waals surface area contributed by atoms with Crippen molar-refractivity contribution >= 4 is 5.84 Å². The van der Waals surface area contributed by atoms with Crippen LogP contribution in [-0.4, -0.2) is 46.8 Å². The van der Waals surface area contributed by atoms with Gasteiger partial charge in [0.15, 0.2) is 0 Å². The van der Waals surface area contributed by atoms with E-state index < -0.39 is 0 Å². The van der Waals surface area contributed by atoms with E-state index >= 15 is 0 Å². The van der Waals surface area contributed by atoms with Crippen LogP contribution in [0.3, 0.4) is 0 Å². The largest absolute Gasteiger partial charge is 0.390 e. The number of hydrogen-bond acceptors (Lipinski definition) is 3. The van der Waals surface area contributed by atoms with Crippen LogP contribution in [0, 0.1) is 0 Å². The second-order valence-corrected chi connectivity index (χ2v) is 6.35. The molecule has 1 heterocycles. The third kappa shape index (κ3) is 6.59. The molecule has 1 rings (SSSR count). The number of rotatable bonds is 14. The van der Waals surface area contributed by atoms with Crippen LogP contribution in [-0.2, 0) is 0 Å². The lowest BCUT2D eigenvalue weighted by atomic mass is 10.1. The molecule has 0 spiro atoms. The van der Waals surface area contributed by atoms with Gasteiger partial charge in [0, 0.05) is 6.42 Å². The van der Waals surface area contributed by atoms with Gasteiger partial charge in [0.05, 0.1) is 19.4 Å². The lowest BCUT2D eigenvalue weighted by Gasteiger charge is -2.31. The molecule has 0 unspecified atom stereocenters. The first-order valence-corrected chi connectivity index (χ1v) is 9.12. The molecule has 0 radical (unpaired) electrons. The molecule has 0 aliphatic carbocycles. The molecule has 1 aliphatic rings. The summed E-state index contributed by atoms with van der Waals surface area (Å²) in [6.45, 7) is 3.75. The summed E-state index contributed by atoms with van der Waals surface area (Å²) < 4.78 is 0.546. The molecule has 1 aliphatic heterocycles. The monoisotopic (exact) mass is 311 g/mol. The Kier molecular flexibility index (Phi) is 10.4. The number of aliphatic imine (C=N–C) groups is 1. The van der Waals surface area contributed by atoms with Crippen LogP contribution in [0.1, 0.15) is 71.1 Å². The summed E-state index contributed by atoms with van der Waals surface area (Å²) in [5.41, 5.74) is 0.